The monoisotopic (exact) mass is 849 g/mol. The van der Waals surface area contributed by atoms with E-state index in [1.54, 1.807) is 0 Å². The molecule has 348 valence electrons. The van der Waals surface area contributed by atoms with Crippen LogP contribution in [0.3, 0.4) is 0 Å². The summed E-state index contributed by atoms with van der Waals surface area (Å²) in [5.41, 5.74) is 1.30. The molecule has 0 aromatic rings. The van der Waals surface area contributed by atoms with E-state index in [0.717, 1.165) is 5.92 Å². The van der Waals surface area contributed by atoms with Gasteiger partial charge in [0.2, 0.25) is 0 Å². The maximum atomic E-state index is 10.6. The van der Waals surface area contributed by atoms with Gasteiger partial charge in [-0.15, -0.1) is 0 Å². The van der Waals surface area contributed by atoms with Gasteiger partial charge < -0.3 is 41.7 Å². The Bertz CT molecular complexity index is 1370. The molecule has 8 N–H and O–H groups in total. The van der Waals surface area contributed by atoms with Gasteiger partial charge in [0.15, 0.2) is 0 Å². The van der Waals surface area contributed by atoms with E-state index in [9.17, 15) is 19.2 Å². The minimum absolute atomic E-state index is 0.124. The largest absolute Gasteiger partial charge is 0.481 e. The number of rotatable bonds is 13. The van der Waals surface area contributed by atoms with Gasteiger partial charge in [0.05, 0.1) is 24.7 Å². The Morgan fingerprint density at radius 2 is 0.667 bits per heavy atom. The fourth-order valence-corrected chi connectivity index (χ4v) is 14.9. The van der Waals surface area contributed by atoms with Gasteiger partial charge in [-0.1, -0.05) is 13.3 Å². The Kier molecular flexibility index (Phi) is 15.4. The van der Waals surface area contributed by atoms with Crippen molar-refractivity contribution in [3.05, 3.63) is 0 Å². The van der Waals surface area contributed by atoms with Crippen LogP contribution in [0.5, 0.6) is 0 Å². The first-order valence-corrected chi connectivity index (χ1v) is 22.8. The van der Waals surface area contributed by atoms with Gasteiger partial charge in [-0.2, -0.15) is 0 Å². The molecule has 4 aliphatic rings. The molecule has 0 saturated carbocycles. The van der Waals surface area contributed by atoms with E-state index in [1.165, 1.54) is 57.8 Å². The molecule has 0 radical (unpaired) electrons. The highest BCUT2D eigenvalue weighted by molar-refractivity contribution is 5.86. The number of hydrogen-bond donors (Lipinski definition) is 8. The molecule has 12 heteroatoms. The standard InChI is InChI=1S/C40H78N4.C8H10O8/c1-18-31(27-19-32(2,3)41-33(4,5)20-27)40(28-21-34(6,7)42-35(8,9)22-28,29-23-36(10,11)43-37(12,13)24-29)30-25-38(14,15)44-39(16,17)26-30;9-5(10)1-3(7(13)14)4(8(15)16)2-6(11)12/h27-31,41-44H,18-26H2,1-17H3;3-4H,1-2H2,(H,9,10)(H,11,12)(H,13,14)(H,15,16). The first-order valence-electron chi connectivity index (χ1n) is 22.8. The lowest BCUT2D eigenvalue weighted by Gasteiger charge is -2.68. The smallest absolute Gasteiger partial charge is 0.307 e. The summed E-state index contributed by atoms with van der Waals surface area (Å²) in [5, 5.41) is 50.5. The zero-order chi connectivity index (χ0) is 46.5. The van der Waals surface area contributed by atoms with Crippen LogP contribution in [0.25, 0.3) is 0 Å². The molecule has 0 bridgehead atoms. The Balaban J connectivity index is 0.000000508. The van der Waals surface area contributed by atoms with Crippen molar-refractivity contribution in [3.63, 3.8) is 0 Å². The Morgan fingerprint density at radius 1 is 0.450 bits per heavy atom. The second-order valence-corrected chi connectivity index (χ2v) is 25.2. The second kappa shape index (κ2) is 17.7. The summed E-state index contributed by atoms with van der Waals surface area (Å²) in [6, 6.07) is 0. The van der Waals surface area contributed by atoms with Crippen LogP contribution in [0.2, 0.25) is 0 Å². The van der Waals surface area contributed by atoms with Gasteiger partial charge in [0.1, 0.15) is 0 Å². The molecule has 4 fully saturated rings. The van der Waals surface area contributed by atoms with Gasteiger partial charge in [-0.25, -0.2) is 0 Å². The van der Waals surface area contributed by atoms with Crippen LogP contribution in [0.4, 0.5) is 0 Å². The number of carbonyl (C=O) groups is 4. The van der Waals surface area contributed by atoms with Crippen molar-refractivity contribution in [2.24, 2.45) is 46.8 Å². The summed E-state index contributed by atoms with van der Waals surface area (Å²) in [6.45, 7) is 42.7. The maximum absolute atomic E-state index is 10.6. The summed E-state index contributed by atoms with van der Waals surface area (Å²) >= 11 is 0. The van der Waals surface area contributed by atoms with E-state index in [0.29, 0.717) is 23.7 Å². The third-order valence-electron chi connectivity index (χ3n) is 14.5. The molecule has 3 atom stereocenters. The van der Waals surface area contributed by atoms with Crippen molar-refractivity contribution < 1.29 is 39.6 Å². The zero-order valence-corrected chi connectivity index (χ0v) is 40.7. The molecule has 3 unspecified atom stereocenters. The predicted octanol–water partition coefficient (Wildman–Crippen LogP) is 8.56. The Morgan fingerprint density at radius 3 is 0.850 bits per heavy atom. The summed E-state index contributed by atoms with van der Waals surface area (Å²) in [6.07, 6.45) is 9.66. The van der Waals surface area contributed by atoms with Crippen LogP contribution in [0, 0.1) is 46.8 Å². The maximum Gasteiger partial charge on any atom is 0.307 e. The molecular formula is C48H88N4O8. The molecule has 0 aromatic carbocycles. The second-order valence-electron chi connectivity index (χ2n) is 25.2. The van der Waals surface area contributed by atoms with Crippen molar-refractivity contribution in [2.75, 3.05) is 0 Å². The van der Waals surface area contributed by atoms with Crippen LogP contribution in [0.15, 0.2) is 0 Å². The van der Waals surface area contributed by atoms with E-state index in [-0.39, 0.29) is 49.7 Å². The van der Waals surface area contributed by atoms with Crippen molar-refractivity contribution in [1.29, 1.82) is 0 Å². The van der Waals surface area contributed by atoms with Gasteiger partial charge in [-0.05, 0) is 197 Å². The van der Waals surface area contributed by atoms with Crippen LogP contribution >= 0.6 is 0 Å². The molecule has 0 aliphatic carbocycles. The molecule has 12 nitrogen and oxygen atoms in total. The molecule has 0 spiro atoms. The summed E-state index contributed by atoms with van der Waals surface area (Å²) in [7, 11) is 0. The fourth-order valence-electron chi connectivity index (χ4n) is 14.9. The van der Waals surface area contributed by atoms with E-state index in [4.69, 9.17) is 20.4 Å². The van der Waals surface area contributed by atoms with E-state index in [2.05, 4.69) is 139 Å². The van der Waals surface area contributed by atoms with E-state index in [1.807, 2.05) is 0 Å². The lowest BCUT2D eigenvalue weighted by molar-refractivity contribution is -0.165. The number of carboxylic acid groups (broad SMARTS) is 4. The fraction of sp³-hybridized carbons (Fsp3) is 0.917. The molecule has 60 heavy (non-hydrogen) atoms. The van der Waals surface area contributed by atoms with Crippen molar-refractivity contribution in [3.8, 4) is 0 Å². The molecule has 4 saturated heterocycles. The molecule has 4 heterocycles. The first kappa shape index (κ1) is 52.1. The highest BCUT2D eigenvalue weighted by Gasteiger charge is 2.64. The first-order chi connectivity index (χ1) is 26.8. The molecule has 4 rings (SSSR count). The number of aliphatic carboxylic acids is 4. The van der Waals surface area contributed by atoms with Crippen LogP contribution < -0.4 is 21.3 Å². The van der Waals surface area contributed by atoms with Gasteiger partial charge in [-0.3, -0.25) is 19.2 Å². The highest BCUT2D eigenvalue weighted by Crippen LogP contribution is 2.66. The average molecular weight is 849 g/mol. The highest BCUT2D eigenvalue weighted by atomic mass is 16.4. The normalized spacial score (nSPS) is 27.6. The lowest BCUT2D eigenvalue weighted by atomic mass is 9.41. The molecular weight excluding hydrogens is 761 g/mol. The Labute approximate surface area is 363 Å². The quantitative estimate of drug-likeness (QED) is 0.0881. The zero-order valence-electron chi connectivity index (χ0n) is 40.7. The molecule has 0 amide bonds. The third-order valence-corrected chi connectivity index (χ3v) is 14.5. The lowest BCUT2D eigenvalue weighted by Crippen LogP contribution is -2.70. The molecule has 0 aromatic heterocycles. The number of hydrogen-bond acceptors (Lipinski definition) is 8. The van der Waals surface area contributed by atoms with E-state index < -0.39 is 48.6 Å². The number of carboxylic acids is 4. The topological polar surface area (TPSA) is 197 Å². The number of nitrogens with one attached hydrogen (secondary N) is 4. The summed E-state index contributed by atoms with van der Waals surface area (Å²) in [5.74, 6) is -6.33. The van der Waals surface area contributed by atoms with Crippen molar-refractivity contribution in [2.45, 2.75) is 233 Å². The summed E-state index contributed by atoms with van der Waals surface area (Å²) < 4.78 is 0. The van der Waals surface area contributed by atoms with Crippen molar-refractivity contribution in [1.82, 2.24) is 21.3 Å². The van der Waals surface area contributed by atoms with Gasteiger partial charge in [0, 0.05) is 44.3 Å². The van der Waals surface area contributed by atoms with Crippen LogP contribution in [0.1, 0.15) is 188 Å². The van der Waals surface area contributed by atoms with Crippen LogP contribution in [-0.2, 0) is 19.2 Å². The van der Waals surface area contributed by atoms with Crippen molar-refractivity contribution >= 4 is 23.9 Å². The van der Waals surface area contributed by atoms with Gasteiger partial charge in [0.25, 0.3) is 0 Å². The predicted molar refractivity (Wildman–Crippen MR) is 239 cm³/mol. The van der Waals surface area contributed by atoms with Gasteiger partial charge >= 0.3 is 23.9 Å². The van der Waals surface area contributed by atoms with Crippen LogP contribution in [-0.4, -0.2) is 88.6 Å². The summed E-state index contributed by atoms with van der Waals surface area (Å²) in [4.78, 5) is 41.9. The number of piperidine rings is 4. The third kappa shape index (κ3) is 13.4. The average Bonchev–Trinajstić information content (AvgIpc) is 2.95. The minimum atomic E-state index is -1.76. The van der Waals surface area contributed by atoms with E-state index >= 15 is 0 Å². The Hall–Kier alpha value is -2.28. The molecule has 4 aliphatic heterocycles. The minimum Gasteiger partial charge on any atom is -0.481 e. The SMILES string of the molecule is CCC(C1CC(C)(C)NC(C)(C)C1)C(C1CC(C)(C)NC(C)(C)C1)(C1CC(C)(C)NC(C)(C)C1)C1CC(C)(C)NC(C)(C)C1.O=C(O)CC(C(=O)O)C(CC(=O)O)C(=O)O.